The minimum Gasteiger partial charge on any atom is -0.494 e. The van der Waals surface area contributed by atoms with Gasteiger partial charge in [0.15, 0.2) is 0 Å². The van der Waals surface area contributed by atoms with Crippen molar-refractivity contribution in [3.63, 3.8) is 0 Å². The first-order chi connectivity index (χ1) is 16.4. The van der Waals surface area contributed by atoms with Gasteiger partial charge < -0.3 is 9.84 Å². The molecule has 0 spiro atoms. The summed E-state index contributed by atoms with van der Waals surface area (Å²) in [5, 5.41) is 23.1. The normalized spacial score (nSPS) is 19.0. The van der Waals surface area contributed by atoms with Crippen LogP contribution in [-0.4, -0.2) is 48.6 Å². The maximum absolute atomic E-state index is 13.0. The topological polar surface area (TPSA) is 90.9 Å². The predicted octanol–water partition coefficient (Wildman–Crippen LogP) is 4.43. The van der Waals surface area contributed by atoms with E-state index in [0.29, 0.717) is 17.4 Å². The fraction of sp³-hybridized carbons (Fsp3) is 0.391. The summed E-state index contributed by atoms with van der Waals surface area (Å²) in [4.78, 5) is 3.68. The quantitative estimate of drug-likeness (QED) is 0.462. The van der Waals surface area contributed by atoms with E-state index in [9.17, 15) is 18.3 Å². The molecule has 3 aromatic heterocycles. The molecular weight excluding hydrogens is 449 g/mol. The lowest BCUT2D eigenvalue weighted by molar-refractivity contribution is -0.141. The number of aliphatic hydroxyl groups is 1. The summed E-state index contributed by atoms with van der Waals surface area (Å²) >= 11 is 0. The van der Waals surface area contributed by atoms with Gasteiger partial charge in [0.05, 0.1) is 30.6 Å². The highest BCUT2D eigenvalue weighted by Crippen LogP contribution is 2.35. The number of halogens is 3. The highest BCUT2D eigenvalue weighted by Gasteiger charge is 2.32. The third-order valence-corrected chi connectivity index (χ3v) is 6.31. The molecule has 0 amide bonds. The predicted molar refractivity (Wildman–Crippen MR) is 118 cm³/mol. The van der Waals surface area contributed by atoms with Gasteiger partial charge in [0.2, 0.25) is 0 Å². The second-order valence-corrected chi connectivity index (χ2v) is 8.50. The van der Waals surface area contributed by atoms with E-state index >= 15 is 0 Å². The van der Waals surface area contributed by atoms with Gasteiger partial charge in [0.25, 0.3) is 0 Å². The largest absolute Gasteiger partial charge is 0.494 e. The Balaban J connectivity index is 1.47. The number of rotatable bonds is 5. The fourth-order valence-electron chi connectivity index (χ4n) is 4.42. The Bertz CT molecular complexity index is 1310. The van der Waals surface area contributed by atoms with E-state index in [-0.39, 0.29) is 24.0 Å². The molecule has 5 rings (SSSR count). The summed E-state index contributed by atoms with van der Waals surface area (Å²) in [5.74, 6) is 0.871. The van der Waals surface area contributed by atoms with E-state index in [1.54, 1.807) is 0 Å². The Morgan fingerprint density at radius 3 is 2.59 bits per heavy atom. The van der Waals surface area contributed by atoms with Gasteiger partial charge in [-0.2, -0.15) is 18.3 Å². The van der Waals surface area contributed by atoms with Gasteiger partial charge in [-0.05, 0) is 49.8 Å². The smallest absolute Gasteiger partial charge is 0.433 e. The number of aliphatic hydroxyl groups excluding tert-OH is 1. The van der Waals surface area contributed by atoms with Crippen LogP contribution in [0.5, 0.6) is 5.75 Å². The third-order valence-electron chi connectivity index (χ3n) is 6.31. The van der Waals surface area contributed by atoms with E-state index in [0.717, 1.165) is 42.7 Å². The number of methoxy groups -OCH3 is 1. The Hall–Kier alpha value is -3.47. The first-order valence-electron chi connectivity index (χ1n) is 11.0. The number of hydrogen-bond donors (Lipinski definition) is 1. The zero-order valence-corrected chi connectivity index (χ0v) is 18.4. The summed E-state index contributed by atoms with van der Waals surface area (Å²) in [5.41, 5.74) is 0.657. The molecule has 1 aromatic carbocycles. The molecule has 1 aliphatic carbocycles. The van der Waals surface area contributed by atoms with E-state index in [4.69, 9.17) is 9.84 Å². The lowest BCUT2D eigenvalue weighted by Gasteiger charge is -2.27. The summed E-state index contributed by atoms with van der Waals surface area (Å²) in [6, 6.07) is 7.62. The summed E-state index contributed by atoms with van der Waals surface area (Å²) < 4.78 is 48.1. The van der Waals surface area contributed by atoms with Crippen molar-refractivity contribution < 1.29 is 23.0 Å². The van der Waals surface area contributed by atoms with Crippen molar-refractivity contribution in [1.29, 1.82) is 0 Å². The summed E-state index contributed by atoms with van der Waals surface area (Å²) in [7, 11) is 1.53. The lowest BCUT2D eigenvalue weighted by atomic mass is 9.87. The molecule has 0 radical (unpaired) electrons. The number of pyridine rings is 1. The number of benzene rings is 1. The molecule has 4 aromatic rings. The average Bonchev–Trinajstić information content (AvgIpc) is 3.50. The Morgan fingerprint density at radius 1 is 1.09 bits per heavy atom. The van der Waals surface area contributed by atoms with Crippen molar-refractivity contribution in [3.05, 3.63) is 48.4 Å². The fourth-order valence-corrected chi connectivity index (χ4v) is 4.42. The molecule has 1 N–H and O–H groups in total. The van der Waals surface area contributed by atoms with E-state index in [1.807, 2.05) is 23.0 Å². The molecular formula is C23H23F3N6O2. The molecule has 0 aliphatic heterocycles. The van der Waals surface area contributed by atoms with Crippen LogP contribution in [0.25, 0.3) is 28.0 Å². The Kier molecular flexibility index (Phi) is 5.72. The van der Waals surface area contributed by atoms with Gasteiger partial charge in [0, 0.05) is 24.3 Å². The van der Waals surface area contributed by atoms with Gasteiger partial charge in [-0.1, -0.05) is 11.3 Å². The highest BCUT2D eigenvalue weighted by molar-refractivity contribution is 5.83. The molecule has 8 nitrogen and oxygen atoms in total. The molecule has 11 heteroatoms. The molecule has 178 valence electrons. The van der Waals surface area contributed by atoms with Crippen molar-refractivity contribution in [1.82, 2.24) is 29.8 Å². The summed E-state index contributed by atoms with van der Waals surface area (Å²) in [6.07, 6.45) is 2.81. The highest BCUT2D eigenvalue weighted by atomic mass is 19.4. The monoisotopic (exact) mass is 472 g/mol. The van der Waals surface area contributed by atoms with Crippen LogP contribution in [0, 0.1) is 5.92 Å². The van der Waals surface area contributed by atoms with Crippen LogP contribution in [0.1, 0.15) is 37.4 Å². The standard InChI is InChI=1S/C23H23F3N6O2/c1-34-21-10-18-15(11-31(29-18)16-7-5-14(13-33)6-8-16)9-20(21)32-12-19(28-30-32)17-3-2-4-22(27-17)23(24,25)26/h2-4,9-12,14,16,33H,5-8,13H2,1H3. The molecule has 1 aliphatic rings. The van der Waals surface area contributed by atoms with Gasteiger partial charge in [-0.3, -0.25) is 4.68 Å². The minimum atomic E-state index is -4.54. The minimum absolute atomic E-state index is 0.0763. The molecule has 1 saturated carbocycles. The number of nitrogens with zero attached hydrogens (tertiary/aromatic N) is 6. The number of aromatic nitrogens is 6. The van der Waals surface area contributed by atoms with Crippen molar-refractivity contribution in [2.45, 2.75) is 37.9 Å². The zero-order chi connectivity index (χ0) is 23.9. The molecule has 3 heterocycles. The van der Waals surface area contributed by atoms with Crippen molar-refractivity contribution in [2.75, 3.05) is 13.7 Å². The molecule has 0 unspecified atom stereocenters. The van der Waals surface area contributed by atoms with E-state index < -0.39 is 11.9 Å². The number of ether oxygens (including phenoxy) is 1. The van der Waals surface area contributed by atoms with E-state index in [2.05, 4.69) is 15.3 Å². The van der Waals surface area contributed by atoms with Crippen LogP contribution in [0.2, 0.25) is 0 Å². The van der Waals surface area contributed by atoms with Crippen LogP contribution in [-0.2, 0) is 6.18 Å². The molecule has 0 atom stereocenters. The lowest BCUT2D eigenvalue weighted by Crippen LogP contribution is -2.20. The average molecular weight is 472 g/mol. The zero-order valence-electron chi connectivity index (χ0n) is 18.4. The van der Waals surface area contributed by atoms with Crippen LogP contribution < -0.4 is 4.74 Å². The van der Waals surface area contributed by atoms with Crippen LogP contribution in [0.4, 0.5) is 13.2 Å². The molecule has 0 bridgehead atoms. The Morgan fingerprint density at radius 2 is 1.88 bits per heavy atom. The maximum atomic E-state index is 13.0. The SMILES string of the molecule is COc1cc2nn(C3CCC(CO)CC3)cc2cc1-n1cc(-c2cccc(C(F)(F)F)n2)nn1. The third kappa shape index (κ3) is 4.23. The Labute approximate surface area is 193 Å². The number of hydrogen-bond acceptors (Lipinski definition) is 6. The molecule has 34 heavy (non-hydrogen) atoms. The van der Waals surface area contributed by atoms with Gasteiger partial charge in [-0.15, -0.1) is 5.10 Å². The first kappa shape index (κ1) is 22.3. The second kappa shape index (κ2) is 8.71. The van der Waals surface area contributed by atoms with Gasteiger partial charge in [-0.25, -0.2) is 9.67 Å². The molecule has 0 saturated heterocycles. The van der Waals surface area contributed by atoms with Gasteiger partial charge >= 0.3 is 6.18 Å². The van der Waals surface area contributed by atoms with Crippen molar-refractivity contribution in [3.8, 4) is 22.8 Å². The van der Waals surface area contributed by atoms with Gasteiger partial charge in [0.1, 0.15) is 22.8 Å². The van der Waals surface area contributed by atoms with Crippen LogP contribution in [0.15, 0.2) is 42.7 Å². The molecule has 1 fully saturated rings. The number of fused-ring (bicyclic) bond motifs is 1. The van der Waals surface area contributed by atoms with E-state index in [1.165, 1.54) is 30.1 Å². The number of alkyl halides is 3. The maximum Gasteiger partial charge on any atom is 0.433 e. The van der Waals surface area contributed by atoms with Crippen LogP contribution >= 0.6 is 0 Å². The van der Waals surface area contributed by atoms with Crippen molar-refractivity contribution >= 4 is 10.9 Å². The summed E-state index contributed by atoms with van der Waals surface area (Å²) in [6.45, 7) is 0.226. The second-order valence-electron chi connectivity index (χ2n) is 8.50. The van der Waals surface area contributed by atoms with Crippen molar-refractivity contribution in [2.24, 2.45) is 5.92 Å². The first-order valence-corrected chi connectivity index (χ1v) is 11.0. The van der Waals surface area contributed by atoms with Crippen LogP contribution in [0.3, 0.4) is 0 Å².